The molecular weight excluding hydrogens is 264 g/mol. The first kappa shape index (κ1) is 11.8. The topological polar surface area (TPSA) is 74.7 Å². The number of nitrogens with two attached hydrogens (primary N) is 1. The molecule has 2 heterocycles. The molecule has 3 aromatic rings. The Bertz CT molecular complexity index is 734. The third kappa shape index (κ3) is 1.88. The highest BCUT2D eigenvalue weighted by Gasteiger charge is 2.14. The summed E-state index contributed by atoms with van der Waals surface area (Å²) in [5.74, 6) is 1.76. The Morgan fingerprint density at radius 1 is 1.26 bits per heavy atom. The Hall–Kier alpha value is -2.28. The second kappa shape index (κ2) is 4.43. The third-order valence-corrected chi connectivity index (χ3v) is 3.60. The van der Waals surface area contributed by atoms with Crippen molar-refractivity contribution in [3.8, 4) is 22.8 Å². The predicted molar refractivity (Wildman–Crippen MR) is 73.8 cm³/mol. The van der Waals surface area contributed by atoms with E-state index in [0.717, 1.165) is 27.7 Å². The van der Waals surface area contributed by atoms with Gasteiger partial charge in [0.05, 0.1) is 19.9 Å². The van der Waals surface area contributed by atoms with Crippen molar-refractivity contribution >= 4 is 22.2 Å². The van der Waals surface area contributed by atoms with Crippen LogP contribution in [-0.2, 0) is 0 Å². The van der Waals surface area contributed by atoms with Crippen LogP contribution in [0.2, 0.25) is 0 Å². The number of benzene rings is 1. The Morgan fingerprint density at radius 2 is 2.11 bits per heavy atom. The number of thiazole rings is 1. The predicted octanol–water partition coefficient (Wildman–Crippen LogP) is 2.06. The molecule has 19 heavy (non-hydrogen) atoms. The molecule has 0 aliphatic rings. The first-order valence-electron chi connectivity index (χ1n) is 5.55. The van der Waals surface area contributed by atoms with Gasteiger partial charge in [-0.2, -0.15) is 4.98 Å². The standard InChI is InChI=1S/C12H12N4O2S/c1-17-7-3-4-10(18-2)8(5-7)9-6-19-12-14-11(13)15-16(9)12/h3-6H,1-2H3,(H2,13,15). The van der Waals surface area contributed by atoms with Gasteiger partial charge in [-0.1, -0.05) is 0 Å². The number of nitrogens with zero attached hydrogens (tertiary/aromatic N) is 3. The summed E-state index contributed by atoms with van der Waals surface area (Å²) in [7, 11) is 3.26. The van der Waals surface area contributed by atoms with E-state index in [-0.39, 0.29) is 5.95 Å². The lowest BCUT2D eigenvalue weighted by molar-refractivity contribution is 0.404. The Kier molecular flexibility index (Phi) is 2.75. The fourth-order valence-corrected chi connectivity index (χ4v) is 2.73. The molecule has 2 N–H and O–H groups in total. The van der Waals surface area contributed by atoms with E-state index in [2.05, 4.69) is 10.1 Å². The molecule has 1 aromatic carbocycles. The molecule has 0 amide bonds. The van der Waals surface area contributed by atoms with Crippen molar-refractivity contribution in [2.45, 2.75) is 0 Å². The van der Waals surface area contributed by atoms with E-state index in [1.54, 1.807) is 18.7 Å². The number of nitrogen functional groups attached to an aromatic ring is 1. The number of hydrogen-bond acceptors (Lipinski definition) is 6. The Labute approximate surface area is 113 Å². The summed E-state index contributed by atoms with van der Waals surface area (Å²) in [6.45, 7) is 0. The lowest BCUT2D eigenvalue weighted by Gasteiger charge is -2.09. The summed E-state index contributed by atoms with van der Waals surface area (Å²) in [4.78, 5) is 4.88. The molecule has 0 bridgehead atoms. The Balaban J connectivity index is 2.24. The monoisotopic (exact) mass is 276 g/mol. The van der Waals surface area contributed by atoms with Crippen LogP contribution < -0.4 is 15.2 Å². The van der Waals surface area contributed by atoms with Crippen LogP contribution in [0.1, 0.15) is 0 Å². The minimum absolute atomic E-state index is 0.259. The molecular formula is C12H12N4O2S. The molecule has 0 spiro atoms. The minimum Gasteiger partial charge on any atom is -0.497 e. The maximum Gasteiger partial charge on any atom is 0.241 e. The van der Waals surface area contributed by atoms with Crippen molar-refractivity contribution < 1.29 is 9.47 Å². The van der Waals surface area contributed by atoms with E-state index in [9.17, 15) is 0 Å². The summed E-state index contributed by atoms with van der Waals surface area (Å²) in [6, 6.07) is 5.61. The van der Waals surface area contributed by atoms with Gasteiger partial charge in [0.1, 0.15) is 11.5 Å². The number of ether oxygens (including phenoxy) is 2. The molecule has 0 unspecified atom stereocenters. The number of methoxy groups -OCH3 is 2. The van der Waals surface area contributed by atoms with Gasteiger partial charge < -0.3 is 15.2 Å². The van der Waals surface area contributed by atoms with Crippen LogP contribution in [0.25, 0.3) is 16.2 Å². The van der Waals surface area contributed by atoms with E-state index >= 15 is 0 Å². The Morgan fingerprint density at radius 3 is 2.84 bits per heavy atom. The van der Waals surface area contributed by atoms with Gasteiger partial charge in [0.2, 0.25) is 10.9 Å². The second-order valence-electron chi connectivity index (χ2n) is 3.85. The van der Waals surface area contributed by atoms with E-state index < -0.39 is 0 Å². The maximum absolute atomic E-state index is 5.62. The van der Waals surface area contributed by atoms with Gasteiger partial charge in [-0.15, -0.1) is 16.4 Å². The fraction of sp³-hybridized carbons (Fsp3) is 0.167. The summed E-state index contributed by atoms with van der Waals surface area (Å²) in [5, 5.41) is 6.14. The molecule has 0 aliphatic heterocycles. The molecule has 0 saturated heterocycles. The smallest absolute Gasteiger partial charge is 0.241 e. The van der Waals surface area contributed by atoms with E-state index in [1.807, 2.05) is 23.6 Å². The number of fused-ring (bicyclic) bond motifs is 1. The lowest BCUT2D eigenvalue weighted by atomic mass is 10.1. The van der Waals surface area contributed by atoms with Crippen LogP contribution >= 0.6 is 11.3 Å². The molecule has 0 fully saturated rings. The number of rotatable bonds is 3. The van der Waals surface area contributed by atoms with Crippen molar-refractivity contribution in [3.05, 3.63) is 23.6 Å². The normalized spacial score (nSPS) is 10.8. The van der Waals surface area contributed by atoms with E-state index in [1.165, 1.54) is 11.3 Å². The van der Waals surface area contributed by atoms with Crippen LogP contribution in [0, 0.1) is 0 Å². The molecule has 0 aliphatic carbocycles. The summed E-state index contributed by atoms with van der Waals surface area (Å²) in [5.41, 5.74) is 7.38. The van der Waals surface area contributed by atoms with Gasteiger partial charge in [0, 0.05) is 10.9 Å². The van der Waals surface area contributed by atoms with Gasteiger partial charge in [-0.25, -0.2) is 4.52 Å². The first-order valence-corrected chi connectivity index (χ1v) is 6.43. The summed E-state index contributed by atoms with van der Waals surface area (Å²) >= 11 is 1.48. The van der Waals surface area contributed by atoms with E-state index in [0.29, 0.717) is 0 Å². The van der Waals surface area contributed by atoms with Crippen LogP contribution in [0.5, 0.6) is 11.5 Å². The average Bonchev–Trinajstić information content (AvgIpc) is 2.96. The summed E-state index contributed by atoms with van der Waals surface area (Å²) < 4.78 is 12.3. The van der Waals surface area contributed by atoms with E-state index in [4.69, 9.17) is 15.2 Å². The molecule has 0 radical (unpaired) electrons. The highest BCUT2D eigenvalue weighted by molar-refractivity contribution is 7.15. The zero-order valence-electron chi connectivity index (χ0n) is 10.5. The maximum atomic E-state index is 5.62. The first-order chi connectivity index (χ1) is 9.22. The lowest BCUT2D eigenvalue weighted by Crippen LogP contribution is -1.95. The largest absolute Gasteiger partial charge is 0.497 e. The van der Waals surface area contributed by atoms with Crippen molar-refractivity contribution in [1.29, 1.82) is 0 Å². The summed E-state index contributed by atoms with van der Waals surface area (Å²) in [6.07, 6.45) is 0. The van der Waals surface area contributed by atoms with Gasteiger partial charge in [-0.3, -0.25) is 0 Å². The third-order valence-electron chi connectivity index (χ3n) is 2.78. The second-order valence-corrected chi connectivity index (χ2v) is 4.69. The van der Waals surface area contributed by atoms with Crippen molar-refractivity contribution in [1.82, 2.24) is 14.6 Å². The number of hydrogen-bond donors (Lipinski definition) is 1. The van der Waals surface area contributed by atoms with Crippen LogP contribution in [0.3, 0.4) is 0 Å². The number of aromatic nitrogens is 3. The highest BCUT2D eigenvalue weighted by Crippen LogP contribution is 2.35. The molecule has 6 nitrogen and oxygen atoms in total. The van der Waals surface area contributed by atoms with Gasteiger partial charge >= 0.3 is 0 Å². The fourth-order valence-electron chi connectivity index (χ4n) is 1.90. The van der Waals surface area contributed by atoms with Crippen molar-refractivity contribution in [2.24, 2.45) is 0 Å². The highest BCUT2D eigenvalue weighted by atomic mass is 32.1. The molecule has 2 aromatic heterocycles. The molecule has 0 saturated carbocycles. The van der Waals surface area contributed by atoms with Crippen LogP contribution in [0.4, 0.5) is 5.95 Å². The SMILES string of the molecule is COc1ccc(OC)c(-c2csc3nc(N)nn23)c1. The van der Waals surface area contributed by atoms with Gasteiger partial charge in [0.15, 0.2) is 0 Å². The van der Waals surface area contributed by atoms with Crippen molar-refractivity contribution in [2.75, 3.05) is 20.0 Å². The number of anilines is 1. The quantitative estimate of drug-likeness (QED) is 0.792. The molecule has 3 rings (SSSR count). The van der Waals surface area contributed by atoms with Crippen LogP contribution in [0.15, 0.2) is 23.6 Å². The molecule has 7 heteroatoms. The van der Waals surface area contributed by atoms with Crippen molar-refractivity contribution in [3.63, 3.8) is 0 Å². The van der Waals surface area contributed by atoms with Gasteiger partial charge in [-0.05, 0) is 18.2 Å². The average molecular weight is 276 g/mol. The minimum atomic E-state index is 0.259. The van der Waals surface area contributed by atoms with Crippen LogP contribution in [-0.4, -0.2) is 28.8 Å². The zero-order valence-corrected chi connectivity index (χ0v) is 11.3. The molecule has 98 valence electrons. The zero-order chi connectivity index (χ0) is 13.4. The molecule has 0 atom stereocenters. The van der Waals surface area contributed by atoms with Gasteiger partial charge in [0.25, 0.3) is 0 Å².